The maximum atomic E-state index is 12.0. The molecule has 0 unspecified atom stereocenters. The van der Waals surface area contributed by atoms with Crippen molar-refractivity contribution in [2.24, 2.45) is 0 Å². The standard InChI is InChI=1S/C15H16N4O2S/c20-12-8-11(10-2-1-3-16-9-10)13-14(17-12)18-15(22-13)19-4-6-21-7-5-19/h1-3,9,11H,4-8H2,(H,17,20)/t11-/m1/s1. The van der Waals surface area contributed by atoms with Crippen LogP contribution in [0.2, 0.25) is 0 Å². The van der Waals surface area contributed by atoms with Crippen molar-refractivity contribution < 1.29 is 9.53 Å². The van der Waals surface area contributed by atoms with Gasteiger partial charge in [-0.2, -0.15) is 0 Å². The van der Waals surface area contributed by atoms with Crippen LogP contribution >= 0.6 is 11.3 Å². The lowest BCUT2D eigenvalue weighted by atomic mass is 9.93. The number of rotatable bonds is 2. The lowest BCUT2D eigenvalue weighted by Crippen LogP contribution is -2.36. The third kappa shape index (κ3) is 2.46. The fourth-order valence-corrected chi connectivity index (χ4v) is 4.05. The summed E-state index contributed by atoms with van der Waals surface area (Å²) < 4.78 is 5.39. The number of carbonyl (C=O) groups excluding carboxylic acids is 1. The Hall–Kier alpha value is -1.99. The third-order valence-corrected chi connectivity index (χ3v) is 5.20. The van der Waals surface area contributed by atoms with Crippen LogP contribution in [0.3, 0.4) is 0 Å². The summed E-state index contributed by atoms with van der Waals surface area (Å²) in [6, 6.07) is 3.93. The van der Waals surface area contributed by atoms with Crippen LogP contribution in [-0.2, 0) is 9.53 Å². The van der Waals surface area contributed by atoms with Gasteiger partial charge >= 0.3 is 0 Å². The van der Waals surface area contributed by atoms with Crippen LogP contribution in [-0.4, -0.2) is 42.2 Å². The number of carbonyl (C=O) groups is 1. The quantitative estimate of drug-likeness (QED) is 0.916. The molecule has 2 aromatic heterocycles. The van der Waals surface area contributed by atoms with E-state index in [2.05, 4.69) is 20.2 Å². The lowest BCUT2D eigenvalue weighted by Gasteiger charge is -2.26. The van der Waals surface area contributed by atoms with Crippen molar-refractivity contribution in [2.45, 2.75) is 12.3 Å². The molecule has 2 aliphatic heterocycles. The van der Waals surface area contributed by atoms with Crippen LogP contribution in [0, 0.1) is 0 Å². The van der Waals surface area contributed by atoms with Crippen molar-refractivity contribution >= 4 is 28.2 Å². The van der Waals surface area contributed by atoms with Crippen molar-refractivity contribution in [3.05, 3.63) is 35.0 Å². The molecule has 2 aromatic rings. The van der Waals surface area contributed by atoms with Gasteiger partial charge in [-0.1, -0.05) is 17.4 Å². The molecule has 0 aliphatic carbocycles. The molecule has 4 heterocycles. The van der Waals surface area contributed by atoms with Gasteiger partial charge in [-0.05, 0) is 11.6 Å². The molecule has 0 bridgehead atoms. The summed E-state index contributed by atoms with van der Waals surface area (Å²) >= 11 is 1.66. The first-order valence-corrected chi connectivity index (χ1v) is 8.16. The summed E-state index contributed by atoms with van der Waals surface area (Å²) in [7, 11) is 0. The fraction of sp³-hybridized carbons (Fsp3) is 0.400. The largest absolute Gasteiger partial charge is 0.378 e. The second kappa shape index (κ2) is 5.66. The smallest absolute Gasteiger partial charge is 0.226 e. The topological polar surface area (TPSA) is 67.4 Å². The van der Waals surface area contributed by atoms with Gasteiger partial charge in [0.15, 0.2) is 5.13 Å². The summed E-state index contributed by atoms with van der Waals surface area (Å²) in [6.07, 6.45) is 4.03. The van der Waals surface area contributed by atoms with Gasteiger partial charge in [0.25, 0.3) is 0 Å². The molecular formula is C15H16N4O2S. The number of amides is 1. The number of nitrogens with one attached hydrogen (secondary N) is 1. The van der Waals surface area contributed by atoms with Gasteiger partial charge in [-0.15, -0.1) is 0 Å². The Morgan fingerprint density at radius 3 is 3.00 bits per heavy atom. The highest BCUT2D eigenvalue weighted by Crippen LogP contribution is 2.43. The molecule has 1 fully saturated rings. The minimum absolute atomic E-state index is 0.0141. The summed E-state index contributed by atoms with van der Waals surface area (Å²) in [6.45, 7) is 3.14. The highest BCUT2D eigenvalue weighted by atomic mass is 32.1. The first-order valence-electron chi connectivity index (χ1n) is 7.34. The van der Waals surface area contributed by atoms with Crippen molar-refractivity contribution in [3.8, 4) is 0 Å². The van der Waals surface area contributed by atoms with Gasteiger partial charge in [0.2, 0.25) is 5.91 Å². The molecule has 1 N–H and O–H groups in total. The Kier molecular flexibility index (Phi) is 3.51. The van der Waals surface area contributed by atoms with E-state index in [1.54, 1.807) is 17.5 Å². The van der Waals surface area contributed by atoms with E-state index in [9.17, 15) is 4.79 Å². The summed E-state index contributed by atoms with van der Waals surface area (Å²) in [4.78, 5) is 24.2. The number of morpholine rings is 1. The highest BCUT2D eigenvalue weighted by Gasteiger charge is 2.31. The van der Waals surface area contributed by atoms with E-state index < -0.39 is 0 Å². The van der Waals surface area contributed by atoms with Gasteiger partial charge in [0.1, 0.15) is 5.82 Å². The Balaban J connectivity index is 1.70. The van der Waals surface area contributed by atoms with Gasteiger partial charge < -0.3 is 15.0 Å². The second-order valence-corrected chi connectivity index (χ2v) is 6.41. The number of fused-ring (bicyclic) bond motifs is 1. The van der Waals surface area contributed by atoms with Crippen molar-refractivity contribution in [2.75, 3.05) is 36.5 Å². The average molecular weight is 316 g/mol. The van der Waals surface area contributed by atoms with Crippen molar-refractivity contribution in [1.82, 2.24) is 9.97 Å². The maximum Gasteiger partial charge on any atom is 0.226 e. The summed E-state index contributed by atoms with van der Waals surface area (Å²) in [5, 5.41) is 3.86. The third-order valence-electron chi connectivity index (χ3n) is 3.97. The number of thiazole rings is 1. The average Bonchev–Trinajstić information content (AvgIpc) is 2.99. The molecular weight excluding hydrogens is 300 g/mol. The zero-order chi connectivity index (χ0) is 14.9. The van der Waals surface area contributed by atoms with Gasteiger partial charge in [0.05, 0.1) is 18.1 Å². The lowest BCUT2D eigenvalue weighted by molar-refractivity contribution is -0.116. The molecule has 7 heteroatoms. The van der Waals surface area contributed by atoms with Gasteiger partial charge in [-0.3, -0.25) is 9.78 Å². The molecule has 0 radical (unpaired) electrons. The van der Waals surface area contributed by atoms with Gasteiger partial charge in [0, 0.05) is 37.8 Å². The number of nitrogens with zero attached hydrogens (tertiary/aromatic N) is 3. The van der Waals surface area contributed by atoms with E-state index in [4.69, 9.17) is 4.74 Å². The van der Waals surface area contributed by atoms with E-state index in [-0.39, 0.29) is 11.8 Å². The predicted molar refractivity (Wildman–Crippen MR) is 84.5 cm³/mol. The van der Waals surface area contributed by atoms with Crippen LogP contribution in [0.5, 0.6) is 0 Å². The molecule has 0 spiro atoms. The molecule has 1 amide bonds. The second-order valence-electron chi connectivity index (χ2n) is 5.40. The Morgan fingerprint density at radius 2 is 2.23 bits per heavy atom. The predicted octanol–water partition coefficient (Wildman–Crippen LogP) is 1.85. The molecule has 6 nitrogen and oxygen atoms in total. The number of ether oxygens (including phenoxy) is 1. The first kappa shape index (κ1) is 13.7. The Labute approximate surface area is 132 Å². The molecule has 22 heavy (non-hydrogen) atoms. The van der Waals surface area contributed by atoms with Gasteiger partial charge in [-0.25, -0.2) is 4.98 Å². The van der Waals surface area contributed by atoms with Crippen LogP contribution < -0.4 is 10.2 Å². The summed E-state index contributed by atoms with van der Waals surface area (Å²) in [5.41, 5.74) is 1.07. The number of hydrogen-bond acceptors (Lipinski definition) is 6. The molecule has 4 rings (SSSR count). The molecule has 1 atom stereocenters. The minimum Gasteiger partial charge on any atom is -0.378 e. The monoisotopic (exact) mass is 316 g/mol. The Bertz CT molecular complexity index is 682. The van der Waals surface area contributed by atoms with E-state index in [0.717, 1.165) is 41.9 Å². The normalized spacial score (nSPS) is 21.4. The van der Waals surface area contributed by atoms with Crippen LogP contribution in [0.25, 0.3) is 0 Å². The van der Waals surface area contributed by atoms with Crippen molar-refractivity contribution in [1.29, 1.82) is 0 Å². The van der Waals surface area contributed by atoms with E-state index in [1.165, 1.54) is 0 Å². The van der Waals surface area contributed by atoms with Crippen LogP contribution in [0.4, 0.5) is 10.9 Å². The van der Waals surface area contributed by atoms with Crippen LogP contribution in [0.15, 0.2) is 24.5 Å². The zero-order valence-corrected chi connectivity index (χ0v) is 12.8. The first-order chi connectivity index (χ1) is 10.8. The zero-order valence-electron chi connectivity index (χ0n) is 12.0. The highest BCUT2D eigenvalue weighted by molar-refractivity contribution is 7.16. The molecule has 0 saturated carbocycles. The van der Waals surface area contributed by atoms with E-state index >= 15 is 0 Å². The summed E-state index contributed by atoms with van der Waals surface area (Å²) in [5.74, 6) is 0.765. The number of pyridine rings is 1. The van der Waals surface area contributed by atoms with E-state index in [1.807, 2.05) is 18.3 Å². The number of anilines is 2. The molecule has 2 aliphatic rings. The van der Waals surface area contributed by atoms with Crippen LogP contribution in [0.1, 0.15) is 22.8 Å². The number of aromatic nitrogens is 2. The Morgan fingerprint density at radius 1 is 1.36 bits per heavy atom. The fourth-order valence-electron chi connectivity index (χ4n) is 2.85. The van der Waals surface area contributed by atoms with E-state index in [0.29, 0.717) is 12.2 Å². The number of hydrogen-bond donors (Lipinski definition) is 1. The maximum absolute atomic E-state index is 12.0. The molecule has 0 aromatic carbocycles. The SMILES string of the molecule is O=C1C[C@H](c2cccnc2)c2sc(N3CCOCC3)nc2N1. The minimum atomic E-state index is 0.0141. The molecule has 114 valence electrons. The molecule has 1 saturated heterocycles. The van der Waals surface area contributed by atoms with Crippen molar-refractivity contribution in [3.63, 3.8) is 0 Å².